The lowest BCUT2D eigenvalue weighted by Gasteiger charge is -2.22. The number of carbonyl (C=O) groups is 1. The highest BCUT2D eigenvalue weighted by Gasteiger charge is 2.20. The number of pyridine rings is 1. The lowest BCUT2D eigenvalue weighted by atomic mass is 9.95. The Bertz CT molecular complexity index is 1280. The summed E-state index contributed by atoms with van der Waals surface area (Å²) in [6.45, 7) is 2.06. The van der Waals surface area contributed by atoms with E-state index in [-0.39, 0.29) is 23.1 Å². The van der Waals surface area contributed by atoms with Crippen molar-refractivity contribution in [2.24, 2.45) is 0 Å². The van der Waals surface area contributed by atoms with Crippen LogP contribution in [0.4, 0.5) is 0 Å². The van der Waals surface area contributed by atoms with Crippen LogP contribution in [0.5, 0.6) is 11.6 Å². The van der Waals surface area contributed by atoms with Crippen LogP contribution in [0.2, 0.25) is 0 Å². The van der Waals surface area contributed by atoms with Crippen molar-refractivity contribution in [2.45, 2.75) is 51.5 Å². The first-order valence-corrected chi connectivity index (χ1v) is 11.3. The van der Waals surface area contributed by atoms with Crippen LogP contribution in [0, 0.1) is 11.3 Å². The van der Waals surface area contributed by atoms with E-state index in [2.05, 4.69) is 17.2 Å². The van der Waals surface area contributed by atoms with Gasteiger partial charge in [0.15, 0.2) is 0 Å². The number of nitrogens with zero attached hydrogens (tertiary/aromatic N) is 3. The average Bonchev–Trinajstić information content (AvgIpc) is 2.85. The lowest BCUT2D eigenvalue weighted by molar-refractivity contribution is -0.117. The number of hydrogen-bond donors (Lipinski definition) is 1. The number of carbonyl (C=O) groups excluding carboxylic acids is 1. The number of fused-ring (bicyclic) bond motifs is 1. The quantitative estimate of drug-likeness (QED) is 0.451. The largest absolute Gasteiger partial charge is 0.438 e. The summed E-state index contributed by atoms with van der Waals surface area (Å²) in [5.41, 5.74) is 1.04. The fraction of sp³-hybridized carbons (Fsp3) is 0.308. The molecule has 4 rings (SSSR count). The van der Waals surface area contributed by atoms with E-state index in [9.17, 15) is 14.9 Å². The van der Waals surface area contributed by atoms with E-state index >= 15 is 0 Å². The summed E-state index contributed by atoms with van der Waals surface area (Å²) in [5, 5.41) is 12.6. The molecular formula is C26H26N4O3. The number of benzene rings is 1. The molecule has 2 heterocycles. The van der Waals surface area contributed by atoms with Gasteiger partial charge in [0.25, 0.3) is 11.5 Å². The van der Waals surface area contributed by atoms with Gasteiger partial charge in [-0.2, -0.15) is 10.2 Å². The van der Waals surface area contributed by atoms with Crippen LogP contribution >= 0.6 is 0 Å². The van der Waals surface area contributed by atoms with Gasteiger partial charge in [0.05, 0.1) is 0 Å². The first kappa shape index (κ1) is 22.3. The summed E-state index contributed by atoms with van der Waals surface area (Å²) in [6, 6.07) is 14.7. The topological polar surface area (TPSA) is 96.5 Å². The minimum absolute atomic E-state index is 0.0478. The molecule has 7 nitrogen and oxygen atoms in total. The first-order valence-electron chi connectivity index (χ1n) is 11.3. The Morgan fingerprint density at radius 2 is 1.97 bits per heavy atom. The molecule has 168 valence electrons. The molecule has 1 N–H and O–H groups in total. The van der Waals surface area contributed by atoms with E-state index in [1.54, 1.807) is 24.4 Å². The highest BCUT2D eigenvalue weighted by Crippen LogP contribution is 2.25. The molecule has 0 bridgehead atoms. The van der Waals surface area contributed by atoms with Gasteiger partial charge in [0.2, 0.25) is 5.88 Å². The van der Waals surface area contributed by atoms with E-state index in [1.165, 1.54) is 10.5 Å². The van der Waals surface area contributed by atoms with Gasteiger partial charge in [-0.1, -0.05) is 44.4 Å². The second-order valence-electron chi connectivity index (χ2n) is 8.14. The minimum atomic E-state index is -0.486. The summed E-state index contributed by atoms with van der Waals surface area (Å²) in [7, 11) is 0. The third-order valence-electron chi connectivity index (χ3n) is 5.87. The summed E-state index contributed by atoms with van der Waals surface area (Å²) < 4.78 is 7.33. The molecular weight excluding hydrogens is 416 g/mol. The fourth-order valence-corrected chi connectivity index (χ4v) is 3.99. The Morgan fingerprint density at radius 3 is 2.67 bits per heavy atom. The van der Waals surface area contributed by atoms with Crippen molar-refractivity contribution in [3.05, 3.63) is 75.7 Å². The number of ether oxygens (including phenoxy) is 1. The molecule has 3 aromatic rings. The zero-order chi connectivity index (χ0) is 23.2. The number of aryl methyl sites for hydroxylation is 1. The smallest absolute Gasteiger partial charge is 0.269 e. The Labute approximate surface area is 192 Å². The summed E-state index contributed by atoms with van der Waals surface area (Å²) in [6.07, 6.45) is 8.83. The van der Waals surface area contributed by atoms with Crippen molar-refractivity contribution >= 4 is 17.6 Å². The second-order valence-corrected chi connectivity index (χ2v) is 8.14. The molecule has 1 aliphatic carbocycles. The molecule has 0 saturated heterocycles. The van der Waals surface area contributed by atoms with Gasteiger partial charge in [-0.3, -0.25) is 14.0 Å². The summed E-state index contributed by atoms with van der Waals surface area (Å²) in [4.78, 5) is 30.5. The predicted molar refractivity (Wildman–Crippen MR) is 126 cm³/mol. The van der Waals surface area contributed by atoms with Crippen molar-refractivity contribution in [1.82, 2.24) is 14.7 Å². The van der Waals surface area contributed by atoms with Crippen molar-refractivity contribution in [3.8, 4) is 17.7 Å². The second kappa shape index (κ2) is 10.1. The first-order chi connectivity index (χ1) is 16.1. The number of nitrogens with one attached hydrogen (secondary N) is 1. The van der Waals surface area contributed by atoms with E-state index in [4.69, 9.17) is 4.74 Å². The van der Waals surface area contributed by atoms with Crippen LogP contribution in [-0.4, -0.2) is 21.3 Å². The maximum atomic E-state index is 13.3. The molecule has 1 amide bonds. The van der Waals surface area contributed by atoms with Crippen molar-refractivity contribution in [3.63, 3.8) is 0 Å². The molecule has 1 aromatic carbocycles. The average molecular weight is 443 g/mol. The van der Waals surface area contributed by atoms with Crippen LogP contribution in [-0.2, 0) is 11.2 Å². The van der Waals surface area contributed by atoms with Crippen molar-refractivity contribution in [1.29, 1.82) is 5.26 Å². The molecule has 1 aliphatic rings. The molecule has 0 unspecified atom stereocenters. The molecule has 0 atom stereocenters. The van der Waals surface area contributed by atoms with E-state index < -0.39 is 11.5 Å². The molecule has 1 fully saturated rings. The highest BCUT2D eigenvalue weighted by molar-refractivity contribution is 6.02. The maximum Gasteiger partial charge on any atom is 0.269 e. The third kappa shape index (κ3) is 5.12. The number of amides is 1. The molecule has 0 spiro atoms. The normalized spacial score (nSPS) is 14.6. The van der Waals surface area contributed by atoms with E-state index in [0.29, 0.717) is 11.4 Å². The Balaban J connectivity index is 1.74. The molecule has 0 aliphatic heterocycles. The Hall–Kier alpha value is -3.92. The lowest BCUT2D eigenvalue weighted by Crippen LogP contribution is -2.36. The SMILES string of the molecule is CCc1ccc(Oc2nc3ccccn3c(=O)c2C=C(C#N)C(=O)NC2CCCCC2)cc1. The van der Waals surface area contributed by atoms with Crippen molar-refractivity contribution < 1.29 is 9.53 Å². The van der Waals surface area contributed by atoms with E-state index in [1.807, 2.05) is 30.3 Å². The number of nitriles is 1. The monoisotopic (exact) mass is 442 g/mol. The standard InChI is InChI=1S/C26H26N4O3/c1-2-18-11-13-21(14-12-18)33-25-22(26(32)30-15-7-6-10-23(30)29-25)16-19(17-27)24(31)28-20-8-4-3-5-9-20/h6-7,10-16,20H,2-5,8-9H2,1H3,(H,28,31). The van der Waals surface area contributed by atoms with Crippen molar-refractivity contribution in [2.75, 3.05) is 0 Å². The molecule has 0 radical (unpaired) electrons. The molecule has 1 saturated carbocycles. The third-order valence-corrected chi connectivity index (χ3v) is 5.87. The highest BCUT2D eigenvalue weighted by atomic mass is 16.5. The van der Waals surface area contributed by atoms with Gasteiger partial charge in [-0.15, -0.1) is 0 Å². The minimum Gasteiger partial charge on any atom is -0.438 e. The van der Waals surface area contributed by atoms with E-state index in [0.717, 1.165) is 44.1 Å². The van der Waals surface area contributed by atoms with Gasteiger partial charge < -0.3 is 10.1 Å². The van der Waals surface area contributed by atoms with Gasteiger partial charge in [0, 0.05) is 12.2 Å². The van der Waals surface area contributed by atoms with Gasteiger partial charge in [-0.05, 0) is 55.2 Å². The van der Waals surface area contributed by atoms with Gasteiger partial charge >= 0.3 is 0 Å². The molecule has 33 heavy (non-hydrogen) atoms. The Kier molecular flexibility index (Phi) is 6.84. The molecule has 7 heteroatoms. The summed E-state index contributed by atoms with van der Waals surface area (Å²) in [5.74, 6) is 0.0769. The van der Waals surface area contributed by atoms with Gasteiger partial charge in [0.1, 0.15) is 28.6 Å². The number of rotatable bonds is 6. The van der Waals surface area contributed by atoms with Crippen LogP contribution in [0.15, 0.2) is 59.0 Å². The van der Waals surface area contributed by atoms with Gasteiger partial charge in [-0.25, -0.2) is 0 Å². The number of hydrogen-bond acceptors (Lipinski definition) is 5. The zero-order valence-corrected chi connectivity index (χ0v) is 18.6. The predicted octanol–water partition coefficient (Wildman–Crippen LogP) is 4.41. The van der Waals surface area contributed by atoms with Crippen LogP contribution in [0.1, 0.15) is 50.2 Å². The maximum absolute atomic E-state index is 13.3. The van der Waals surface area contributed by atoms with Crippen LogP contribution < -0.4 is 15.6 Å². The Morgan fingerprint density at radius 1 is 1.21 bits per heavy atom. The summed E-state index contributed by atoms with van der Waals surface area (Å²) >= 11 is 0. The number of aromatic nitrogens is 2. The van der Waals surface area contributed by atoms with Crippen LogP contribution in [0.3, 0.4) is 0 Å². The fourth-order valence-electron chi connectivity index (χ4n) is 3.99. The van der Waals surface area contributed by atoms with Crippen LogP contribution in [0.25, 0.3) is 11.7 Å². The molecule has 2 aromatic heterocycles. The zero-order valence-electron chi connectivity index (χ0n) is 18.6.